The molecule has 1 saturated carbocycles. The minimum atomic E-state index is -0.756. The Hall–Kier alpha value is -2.03. The van der Waals surface area contributed by atoms with Crippen molar-refractivity contribution in [2.45, 2.75) is 116 Å². The first kappa shape index (κ1) is 30.2. The van der Waals surface area contributed by atoms with Gasteiger partial charge in [0.1, 0.15) is 12.2 Å². The normalized spacial score (nSPS) is 23.1. The fourth-order valence-electron chi connectivity index (χ4n) is 5.34. The van der Waals surface area contributed by atoms with E-state index in [1.807, 2.05) is 27.7 Å². The summed E-state index contributed by atoms with van der Waals surface area (Å²) in [6, 6.07) is 0.195. The van der Waals surface area contributed by atoms with Crippen LogP contribution >= 0.6 is 0 Å². The van der Waals surface area contributed by atoms with Crippen LogP contribution in [0.3, 0.4) is 0 Å². The molecule has 4 N–H and O–H groups in total. The Morgan fingerprint density at radius 1 is 1.14 bits per heavy atom. The molecule has 208 valence electrons. The number of amides is 2. The van der Waals surface area contributed by atoms with Crippen molar-refractivity contribution >= 4 is 18.2 Å². The second kappa shape index (κ2) is 14.6. The monoisotopic (exact) mass is 511 g/mol. The maximum Gasteiger partial charge on any atom is 0.410 e. The molecule has 1 aliphatic carbocycles. The van der Waals surface area contributed by atoms with Gasteiger partial charge in [0, 0.05) is 19.1 Å². The summed E-state index contributed by atoms with van der Waals surface area (Å²) in [6.45, 7) is 9.38. The van der Waals surface area contributed by atoms with Crippen molar-refractivity contribution in [3.8, 4) is 0 Å². The maximum absolute atomic E-state index is 12.0. The molecule has 3 aliphatic rings. The predicted molar refractivity (Wildman–Crippen MR) is 139 cm³/mol. The SMILES string of the molecule is CC(N)CC(CCC1CCN(C(=O)OC(C)(C)C)CC1)C(=O)O.O=C1N[C@@H](CC2CCCCC2)CO1. The van der Waals surface area contributed by atoms with Gasteiger partial charge in [0.25, 0.3) is 0 Å². The van der Waals surface area contributed by atoms with Crippen molar-refractivity contribution in [3.05, 3.63) is 0 Å². The van der Waals surface area contributed by atoms with Gasteiger partial charge in [-0.05, 0) is 78.1 Å². The molecule has 3 fully saturated rings. The minimum absolute atomic E-state index is 0.0925. The summed E-state index contributed by atoms with van der Waals surface area (Å²) >= 11 is 0. The lowest BCUT2D eigenvalue weighted by atomic mass is 9.85. The number of nitrogens with zero attached hydrogens (tertiary/aromatic N) is 1. The Labute approximate surface area is 216 Å². The van der Waals surface area contributed by atoms with Gasteiger partial charge in [-0.1, -0.05) is 32.1 Å². The fourth-order valence-corrected chi connectivity index (χ4v) is 5.34. The van der Waals surface area contributed by atoms with Crippen molar-refractivity contribution in [1.82, 2.24) is 10.2 Å². The van der Waals surface area contributed by atoms with E-state index in [-0.39, 0.29) is 30.2 Å². The highest BCUT2D eigenvalue weighted by molar-refractivity contribution is 5.70. The molecule has 0 bridgehead atoms. The number of cyclic esters (lactones) is 1. The highest BCUT2D eigenvalue weighted by atomic mass is 16.6. The van der Waals surface area contributed by atoms with Crippen molar-refractivity contribution in [1.29, 1.82) is 0 Å². The molecule has 0 aromatic heterocycles. The van der Waals surface area contributed by atoms with Crippen molar-refractivity contribution < 1.29 is 29.0 Å². The largest absolute Gasteiger partial charge is 0.481 e. The topological polar surface area (TPSA) is 131 Å². The fraction of sp³-hybridized carbons (Fsp3) is 0.889. The summed E-state index contributed by atoms with van der Waals surface area (Å²) in [7, 11) is 0. The Balaban J connectivity index is 0.000000293. The zero-order chi connectivity index (χ0) is 26.7. The number of nitrogens with one attached hydrogen (secondary N) is 1. The van der Waals surface area contributed by atoms with E-state index < -0.39 is 11.6 Å². The van der Waals surface area contributed by atoms with E-state index >= 15 is 0 Å². The second-order valence-electron chi connectivity index (χ2n) is 11.9. The number of carboxylic acids is 1. The number of carbonyl (C=O) groups is 3. The van der Waals surface area contributed by atoms with Crippen LogP contribution < -0.4 is 11.1 Å². The van der Waals surface area contributed by atoms with Gasteiger partial charge in [0.2, 0.25) is 0 Å². The number of piperidine rings is 1. The van der Waals surface area contributed by atoms with Crippen LogP contribution in [0, 0.1) is 17.8 Å². The van der Waals surface area contributed by atoms with E-state index in [9.17, 15) is 19.5 Å². The quantitative estimate of drug-likeness (QED) is 0.421. The molecule has 2 amide bonds. The van der Waals surface area contributed by atoms with E-state index in [0.717, 1.165) is 31.6 Å². The molecule has 0 aromatic rings. The number of hydrogen-bond acceptors (Lipinski definition) is 6. The molecule has 0 aromatic carbocycles. The van der Waals surface area contributed by atoms with Crippen LogP contribution in [0.2, 0.25) is 0 Å². The van der Waals surface area contributed by atoms with Crippen LogP contribution in [0.5, 0.6) is 0 Å². The van der Waals surface area contributed by atoms with Gasteiger partial charge in [-0.2, -0.15) is 0 Å². The highest BCUT2D eigenvalue weighted by Crippen LogP contribution is 2.28. The smallest absolute Gasteiger partial charge is 0.410 e. The number of nitrogens with two attached hydrogens (primary N) is 1. The lowest BCUT2D eigenvalue weighted by molar-refractivity contribution is -0.142. The van der Waals surface area contributed by atoms with E-state index in [4.69, 9.17) is 15.2 Å². The highest BCUT2D eigenvalue weighted by Gasteiger charge is 2.28. The number of carboxylic acid groups (broad SMARTS) is 1. The molecular weight excluding hydrogens is 462 g/mol. The Morgan fingerprint density at radius 2 is 1.78 bits per heavy atom. The summed E-state index contributed by atoms with van der Waals surface area (Å²) in [5.41, 5.74) is 5.25. The number of likely N-dealkylation sites (tertiary alicyclic amines) is 1. The van der Waals surface area contributed by atoms with Gasteiger partial charge in [-0.3, -0.25) is 4.79 Å². The second-order valence-corrected chi connectivity index (χ2v) is 11.9. The molecule has 0 spiro atoms. The Morgan fingerprint density at radius 3 is 2.28 bits per heavy atom. The van der Waals surface area contributed by atoms with Gasteiger partial charge >= 0.3 is 18.2 Å². The summed E-state index contributed by atoms with van der Waals surface area (Å²) in [4.78, 5) is 35.8. The van der Waals surface area contributed by atoms with Gasteiger partial charge in [0.05, 0.1) is 12.0 Å². The first-order chi connectivity index (χ1) is 16.9. The lowest BCUT2D eigenvalue weighted by Crippen LogP contribution is -2.41. The molecule has 3 rings (SSSR count). The van der Waals surface area contributed by atoms with Gasteiger partial charge in [0.15, 0.2) is 0 Å². The average molecular weight is 512 g/mol. The first-order valence-electron chi connectivity index (χ1n) is 13.8. The van der Waals surface area contributed by atoms with Crippen LogP contribution in [-0.2, 0) is 14.3 Å². The molecule has 2 aliphatic heterocycles. The Bertz CT molecular complexity index is 694. The van der Waals surface area contributed by atoms with E-state index in [2.05, 4.69) is 5.32 Å². The Kier molecular flexibility index (Phi) is 12.3. The number of rotatable bonds is 8. The van der Waals surface area contributed by atoms with Crippen molar-refractivity contribution in [2.75, 3.05) is 19.7 Å². The van der Waals surface area contributed by atoms with Crippen LogP contribution in [0.1, 0.15) is 98.3 Å². The number of carbonyl (C=O) groups excluding carboxylic acids is 2. The van der Waals surface area contributed by atoms with Gasteiger partial charge in [-0.15, -0.1) is 0 Å². The first-order valence-corrected chi connectivity index (χ1v) is 13.8. The van der Waals surface area contributed by atoms with E-state index in [0.29, 0.717) is 38.5 Å². The predicted octanol–water partition coefficient (Wildman–Crippen LogP) is 4.92. The zero-order valence-corrected chi connectivity index (χ0v) is 22.8. The third kappa shape index (κ3) is 11.8. The molecule has 9 nitrogen and oxygen atoms in total. The molecule has 0 radical (unpaired) electrons. The molecule has 2 unspecified atom stereocenters. The van der Waals surface area contributed by atoms with Gasteiger partial charge < -0.3 is 30.5 Å². The number of hydrogen-bond donors (Lipinski definition) is 3. The van der Waals surface area contributed by atoms with Gasteiger partial charge in [-0.25, -0.2) is 9.59 Å². The number of ether oxygens (including phenoxy) is 2. The van der Waals surface area contributed by atoms with E-state index in [1.54, 1.807) is 4.90 Å². The van der Waals surface area contributed by atoms with Crippen LogP contribution in [0.4, 0.5) is 9.59 Å². The third-order valence-electron chi connectivity index (χ3n) is 7.28. The average Bonchev–Trinajstić information content (AvgIpc) is 3.21. The molecule has 2 saturated heterocycles. The summed E-state index contributed by atoms with van der Waals surface area (Å²) in [6.07, 6.45) is 11.3. The van der Waals surface area contributed by atoms with E-state index in [1.165, 1.54) is 32.1 Å². The van der Waals surface area contributed by atoms with Crippen molar-refractivity contribution in [3.63, 3.8) is 0 Å². The maximum atomic E-state index is 12.0. The molecule has 2 heterocycles. The third-order valence-corrected chi connectivity index (χ3v) is 7.28. The summed E-state index contributed by atoms with van der Waals surface area (Å²) < 4.78 is 10.2. The van der Waals surface area contributed by atoms with Crippen LogP contribution in [0.25, 0.3) is 0 Å². The molecule has 9 heteroatoms. The zero-order valence-electron chi connectivity index (χ0n) is 22.8. The summed E-state index contributed by atoms with van der Waals surface area (Å²) in [5, 5.41) is 12.1. The molecular formula is C27H49N3O6. The minimum Gasteiger partial charge on any atom is -0.481 e. The lowest BCUT2D eigenvalue weighted by Gasteiger charge is -2.33. The van der Waals surface area contributed by atoms with Crippen LogP contribution in [0.15, 0.2) is 0 Å². The standard InChI is InChI=1S/C17H32N2O4.C10H17NO2/c1-12(18)11-14(15(20)21)6-5-13-7-9-19(10-8-13)16(22)23-17(2,3)4;12-10-11-9(7-13-10)6-8-4-2-1-3-5-8/h12-14H,5-11,18H2,1-4H3,(H,20,21);8-9H,1-7H2,(H,11,12)/t;9-/m.0/s1. The number of aliphatic carboxylic acids is 1. The van der Waals surface area contributed by atoms with Crippen LogP contribution in [-0.4, -0.2) is 65.5 Å². The van der Waals surface area contributed by atoms with Crippen molar-refractivity contribution in [2.24, 2.45) is 23.5 Å². The summed E-state index contributed by atoms with van der Waals surface area (Å²) in [5.74, 6) is 0.178. The molecule has 36 heavy (non-hydrogen) atoms. The molecule has 3 atom stereocenters. The number of alkyl carbamates (subject to hydrolysis) is 1.